The number of aliphatic carboxylic acids is 1. The molecule has 0 atom stereocenters. The lowest BCUT2D eigenvalue weighted by atomic mass is 10.1. The Kier molecular flexibility index (Phi) is 5.14. The van der Waals surface area contributed by atoms with E-state index in [0.717, 1.165) is 11.1 Å². The van der Waals surface area contributed by atoms with E-state index < -0.39 is 5.97 Å². The van der Waals surface area contributed by atoms with E-state index in [-0.39, 0.29) is 12.5 Å². The fourth-order valence-corrected chi connectivity index (χ4v) is 2.06. The smallest absolute Gasteiger partial charge is 0.325 e. The van der Waals surface area contributed by atoms with Crippen LogP contribution in [0.25, 0.3) is 5.57 Å². The van der Waals surface area contributed by atoms with Crippen LogP contribution in [-0.4, -0.2) is 33.9 Å². The van der Waals surface area contributed by atoms with Gasteiger partial charge in [0.25, 0.3) is 0 Å². The van der Waals surface area contributed by atoms with Crippen LogP contribution in [0.2, 0.25) is 0 Å². The third kappa shape index (κ3) is 4.44. The van der Waals surface area contributed by atoms with Crippen molar-refractivity contribution >= 4 is 23.3 Å². The van der Waals surface area contributed by atoms with Gasteiger partial charge in [-0.2, -0.15) is 5.10 Å². The molecule has 0 aliphatic carbocycles. The number of para-hydroxylation sites is 1. The van der Waals surface area contributed by atoms with Gasteiger partial charge in [-0.05, 0) is 18.6 Å². The van der Waals surface area contributed by atoms with Gasteiger partial charge in [0.1, 0.15) is 12.3 Å². The van der Waals surface area contributed by atoms with Gasteiger partial charge in [0, 0.05) is 23.9 Å². The Morgan fingerprint density at radius 3 is 2.78 bits per heavy atom. The normalized spacial score (nSPS) is 11.1. The van der Waals surface area contributed by atoms with Crippen LogP contribution in [-0.2, 0) is 16.1 Å². The minimum atomic E-state index is -1.00. The number of carbonyl (C=O) groups excluding carboxylic acids is 1. The van der Waals surface area contributed by atoms with Crippen LogP contribution in [0.15, 0.2) is 42.6 Å². The van der Waals surface area contributed by atoms with Gasteiger partial charge < -0.3 is 15.2 Å². The Bertz CT molecular complexity index is 749. The second kappa shape index (κ2) is 7.26. The van der Waals surface area contributed by atoms with Gasteiger partial charge in [-0.25, -0.2) is 0 Å². The molecule has 2 aromatic rings. The fourth-order valence-electron chi connectivity index (χ4n) is 2.06. The second-order valence-corrected chi connectivity index (χ2v) is 4.81. The SMILES string of the molecule is COc1ccccc1C(C)=CC(=O)Nc1ccn(CC(=O)O)n1. The Hall–Kier alpha value is -3.09. The van der Waals surface area contributed by atoms with Gasteiger partial charge >= 0.3 is 5.97 Å². The number of methoxy groups -OCH3 is 1. The zero-order valence-electron chi connectivity index (χ0n) is 12.8. The molecule has 7 nitrogen and oxygen atoms in total. The van der Waals surface area contributed by atoms with Crippen molar-refractivity contribution in [3.8, 4) is 5.75 Å². The van der Waals surface area contributed by atoms with Crippen molar-refractivity contribution in [1.29, 1.82) is 0 Å². The number of carboxylic acids is 1. The molecule has 0 saturated heterocycles. The number of aromatic nitrogens is 2. The zero-order chi connectivity index (χ0) is 16.8. The number of anilines is 1. The third-order valence-electron chi connectivity index (χ3n) is 3.07. The molecule has 0 spiro atoms. The maximum atomic E-state index is 12.0. The quantitative estimate of drug-likeness (QED) is 0.795. The van der Waals surface area contributed by atoms with Crippen LogP contribution in [0.3, 0.4) is 0 Å². The number of hydrogen-bond donors (Lipinski definition) is 2. The maximum Gasteiger partial charge on any atom is 0.325 e. The molecule has 120 valence electrons. The molecule has 0 bridgehead atoms. The lowest BCUT2D eigenvalue weighted by Crippen LogP contribution is -2.12. The van der Waals surface area contributed by atoms with Crippen LogP contribution in [0.5, 0.6) is 5.75 Å². The average molecular weight is 315 g/mol. The molecule has 2 rings (SSSR count). The summed E-state index contributed by atoms with van der Waals surface area (Å²) in [5.74, 6) is -0.382. The summed E-state index contributed by atoms with van der Waals surface area (Å²) in [6.45, 7) is 1.55. The van der Waals surface area contributed by atoms with Crippen molar-refractivity contribution in [3.05, 3.63) is 48.2 Å². The summed E-state index contributed by atoms with van der Waals surface area (Å²) in [6.07, 6.45) is 2.93. The summed E-state index contributed by atoms with van der Waals surface area (Å²) >= 11 is 0. The third-order valence-corrected chi connectivity index (χ3v) is 3.07. The molecule has 1 aromatic carbocycles. The topological polar surface area (TPSA) is 93.5 Å². The molecule has 0 aliphatic rings. The molecule has 1 aromatic heterocycles. The van der Waals surface area contributed by atoms with E-state index in [1.807, 2.05) is 24.3 Å². The van der Waals surface area contributed by atoms with E-state index >= 15 is 0 Å². The average Bonchev–Trinajstić information content (AvgIpc) is 2.93. The molecular formula is C16H17N3O4. The van der Waals surface area contributed by atoms with Crippen molar-refractivity contribution in [2.45, 2.75) is 13.5 Å². The molecule has 0 fully saturated rings. The molecular weight excluding hydrogens is 298 g/mol. The van der Waals surface area contributed by atoms with Crippen molar-refractivity contribution in [2.75, 3.05) is 12.4 Å². The molecule has 0 saturated carbocycles. The Morgan fingerprint density at radius 2 is 2.09 bits per heavy atom. The Morgan fingerprint density at radius 1 is 1.35 bits per heavy atom. The highest BCUT2D eigenvalue weighted by atomic mass is 16.5. The van der Waals surface area contributed by atoms with Crippen LogP contribution >= 0.6 is 0 Å². The summed E-state index contributed by atoms with van der Waals surface area (Å²) in [7, 11) is 1.57. The zero-order valence-corrected chi connectivity index (χ0v) is 12.8. The maximum absolute atomic E-state index is 12.0. The first-order valence-corrected chi connectivity index (χ1v) is 6.87. The summed E-state index contributed by atoms with van der Waals surface area (Å²) in [5.41, 5.74) is 1.56. The van der Waals surface area contributed by atoms with E-state index in [2.05, 4.69) is 10.4 Å². The summed E-state index contributed by atoms with van der Waals surface area (Å²) in [4.78, 5) is 22.6. The van der Waals surface area contributed by atoms with Crippen molar-refractivity contribution in [2.24, 2.45) is 0 Å². The number of ether oxygens (including phenoxy) is 1. The van der Waals surface area contributed by atoms with E-state index in [1.54, 1.807) is 14.0 Å². The van der Waals surface area contributed by atoms with E-state index in [1.165, 1.54) is 23.0 Å². The summed E-state index contributed by atoms with van der Waals surface area (Å²) in [6, 6.07) is 8.93. The first-order valence-electron chi connectivity index (χ1n) is 6.87. The summed E-state index contributed by atoms with van der Waals surface area (Å²) < 4.78 is 6.49. The highest BCUT2D eigenvalue weighted by molar-refractivity contribution is 6.03. The van der Waals surface area contributed by atoms with E-state index in [9.17, 15) is 9.59 Å². The van der Waals surface area contributed by atoms with Crippen LogP contribution in [0, 0.1) is 0 Å². The number of benzene rings is 1. The summed E-state index contributed by atoms with van der Waals surface area (Å²) in [5, 5.41) is 15.2. The molecule has 0 unspecified atom stereocenters. The van der Waals surface area contributed by atoms with Crippen molar-refractivity contribution < 1.29 is 19.4 Å². The van der Waals surface area contributed by atoms with Crippen molar-refractivity contribution in [3.63, 3.8) is 0 Å². The number of carboxylic acid groups (broad SMARTS) is 1. The molecule has 0 radical (unpaired) electrons. The number of nitrogens with zero attached hydrogens (tertiary/aromatic N) is 2. The number of allylic oxidation sites excluding steroid dienone is 1. The lowest BCUT2D eigenvalue weighted by molar-refractivity contribution is -0.137. The van der Waals surface area contributed by atoms with Gasteiger partial charge in [-0.1, -0.05) is 18.2 Å². The standard InChI is InChI=1S/C16H17N3O4/c1-11(12-5-3-4-6-13(12)23-2)9-15(20)17-14-7-8-19(18-14)10-16(21)22/h3-9H,10H2,1-2H3,(H,21,22)(H,17,18,20). The highest BCUT2D eigenvalue weighted by Gasteiger charge is 2.08. The molecule has 2 N–H and O–H groups in total. The predicted molar refractivity (Wildman–Crippen MR) is 85.1 cm³/mol. The molecule has 0 aliphatic heterocycles. The minimum Gasteiger partial charge on any atom is -0.496 e. The monoisotopic (exact) mass is 315 g/mol. The second-order valence-electron chi connectivity index (χ2n) is 4.81. The largest absolute Gasteiger partial charge is 0.496 e. The van der Waals surface area contributed by atoms with Crippen LogP contribution in [0.4, 0.5) is 5.82 Å². The molecule has 23 heavy (non-hydrogen) atoms. The van der Waals surface area contributed by atoms with Gasteiger partial charge in [-0.15, -0.1) is 0 Å². The van der Waals surface area contributed by atoms with E-state index in [0.29, 0.717) is 11.6 Å². The Labute approximate surface area is 133 Å². The molecule has 1 amide bonds. The van der Waals surface area contributed by atoms with Gasteiger partial charge in [-0.3, -0.25) is 14.3 Å². The van der Waals surface area contributed by atoms with Crippen LogP contribution < -0.4 is 10.1 Å². The lowest BCUT2D eigenvalue weighted by Gasteiger charge is -2.08. The first-order chi connectivity index (χ1) is 11.0. The molecule has 1 heterocycles. The predicted octanol–water partition coefficient (Wildman–Crippen LogP) is 2.02. The van der Waals surface area contributed by atoms with Crippen molar-refractivity contribution in [1.82, 2.24) is 9.78 Å². The van der Waals surface area contributed by atoms with Gasteiger partial charge in [0.2, 0.25) is 5.91 Å². The number of hydrogen-bond acceptors (Lipinski definition) is 4. The minimum absolute atomic E-state index is 0.258. The fraction of sp³-hybridized carbons (Fsp3) is 0.188. The van der Waals surface area contributed by atoms with Crippen LogP contribution in [0.1, 0.15) is 12.5 Å². The Balaban J connectivity index is 2.08. The number of amides is 1. The van der Waals surface area contributed by atoms with Gasteiger partial charge in [0.15, 0.2) is 5.82 Å². The van der Waals surface area contributed by atoms with Gasteiger partial charge in [0.05, 0.1) is 7.11 Å². The number of rotatable bonds is 6. The first kappa shape index (κ1) is 16.3. The number of carbonyl (C=O) groups is 2. The number of nitrogens with one attached hydrogen (secondary N) is 1. The molecule has 7 heteroatoms. The highest BCUT2D eigenvalue weighted by Crippen LogP contribution is 2.25. The van der Waals surface area contributed by atoms with E-state index in [4.69, 9.17) is 9.84 Å².